The predicted molar refractivity (Wildman–Crippen MR) is 140 cm³/mol. The molecule has 0 unspecified atom stereocenters. The van der Waals surface area contributed by atoms with Crippen molar-refractivity contribution in [1.82, 2.24) is 4.98 Å². The number of aromatic nitrogens is 1. The van der Waals surface area contributed by atoms with Gasteiger partial charge in [-0.1, -0.05) is 97.8 Å². The summed E-state index contributed by atoms with van der Waals surface area (Å²) in [4.78, 5) is 4.95. The van der Waals surface area contributed by atoms with Crippen LogP contribution in [0.1, 0.15) is 36.1 Å². The van der Waals surface area contributed by atoms with Gasteiger partial charge in [0.15, 0.2) is 0 Å². The van der Waals surface area contributed by atoms with E-state index in [2.05, 4.69) is 113 Å². The molecule has 0 atom stereocenters. The minimum atomic E-state index is -0.117. The Kier molecular flexibility index (Phi) is 4.32. The first-order valence-corrected chi connectivity index (χ1v) is 11.6. The first-order chi connectivity index (χ1) is 15.9. The summed E-state index contributed by atoms with van der Waals surface area (Å²) in [7, 11) is 0. The van der Waals surface area contributed by atoms with Crippen molar-refractivity contribution in [3.63, 3.8) is 0 Å². The van der Waals surface area contributed by atoms with Crippen LogP contribution in [0.3, 0.4) is 0 Å². The van der Waals surface area contributed by atoms with Gasteiger partial charge in [0.05, 0.1) is 5.69 Å². The normalized spacial score (nSPS) is 13.7. The van der Waals surface area contributed by atoms with E-state index in [9.17, 15) is 0 Å². The highest BCUT2D eigenvalue weighted by atomic mass is 14.7. The zero-order valence-electron chi connectivity index (χ0n) is 19.6. The lowest BCUT2D eigenvalue weighted by Gasteiger charge is -2.24. The van der Waals surface area contributed by atoms with Crippen LogP contribution in [0.2, 0.25) is 0 Å². The summed E-state index contributed by atoms with van der Waals surface area (Å²) in [6, 6.07) is 31.1. The molecule has 1 aromatic heterocycles. The van der Waals surface area contributed by atoms with Crippen LogP contribution < -0.4 is 0 Å². The summed E-state index contributed by atoms with van der Waals surface area (Å²) in [6.45, 7) is 9.00. The topological polar surface area (TPSA) is 12.9 Å². The van der Waals surface area contributed by atoms with Gasteiger partial charge >= 0.3 is 0 Å². The van der Waals surface area contributed by atoms with E-state index in [1.807, 2.05) is 6.20 Å². The highest BCUT2D eigenvalue weighted by Gasteiger charge is 2.39. The van der Waals surface area contributed by atoms with E-state index in [4.69, 9.17) is 4.98 Å². The average Bonchev–Trinajstić information content (AvgIpc) is 3.06. The molecule has 33 heavy (non-hydrogen) atoms. The maximum Gasteiger partial charge on any atom is 0.0749 e. The molecule has 0 saturated heterocycles. The standard InChI is InChI=1S/C32H27N/c1-20-16-21(2)18-25(17-20)23-9-7-10-24(19-23)31-30-27(14-15-33-31)29-26-11-6-5-8-22(26)12-13-28(29)32(30,3)4/h5-19H,1-4H3. The molecule has 0 saturated carbocycles. The second-order valence-corrected chi connectivity index (χ2v) is 9.87. The lowest BCUT2D eigenvalue weighted by atomic mass is 9.80. The van der Waals surface area contributed by atoms with E-state index < -0.39 is 0 Å². The van der Waals surface area contributed by atoms with E-state index in [0.717, 1.165) is 5.69 Å². The summed E-state index contributed by atoms with van der Waals surface area (Å²) in [6.07, 6.45) is 1.98. The molecule has 0 amide bonds. The van der Waals surface area contributed by atoms with Gasteiger partial charge in [0, 0.05) is 17.2 Å². The van der Waals surface area contributed by atoms with E-state index in [-0.39, 0.29) is 5.41 Å². The number of hydrogen-bond donors (Lipinski definition) is 0. The second kappa shape index (κ2) is 7.15. The Bertz CT molecular complexity index is 1530. The van der Waals surface area contributed by atoms with Gasteiger partial charge in [-0.15, -0.1) is 0 Å². The number of pyridine rings is 1. The molecule has 0 N–H and O–H groups in total. The van der Waals surface area contributed by atoms with Crippen LogP contribution in [-0.4, -0.2) is 4.98 Å². The van der Waals surface area contributed by atoms with Crippen molar-refractivity contribution in [2.24, 2.45) is 0 Å². The monoisotopic (exact) mass is 425 g/mol. The fraction of sp³-hybridized carbons (Fsp3) is 0.156. The highest BCUT2D eigenvalue weighted by molar-refractivity contribution is 6.03. The minimum Gasteiger partial charge on any atom is -0.256 e. The summed E-state index contributed by atoms with van der Waals surface area (Å²) < 4.78 is 0. The molecule has 160 valence electrons. The second-order valence-electron chi connectivity index (χ2n) is 9.87. The van der Waals surface area contributed by atoms with Gasteiger partial charge in [-0.05, 0) is 70.1 Å². The highest BCUT2D eigenvalue weighted by Crippen LogP contribution is 2.53. The van der Waals surface area contributed by atoms with Crippen molar-refractivity contribution in [3.8, 4) is 33.5 Å². The van der Waals surface area contributed by atoms with Crippen LogP contribution in [0.4, 0.5) is 0 Å². The first kappa shape index (κ1) is 19.9. The summed E-state index contributed by atoms with van der Waals surface area (Å²) in [5, 5.41) is 2.61. The Balaban J connectivity index is 1.58. The maximum atomic E-state index is 4.95. The van der Waals surface area contributed by atoms with Crippen molar-refractivity contribution in [2.45, 2.75) is 33.1 Å². The predicted octanol–water partition coefficient (Wildman–Crippen LogP) is 8.49. The van der Waals surface area contributed by atoms with E-state index >= 15 is 0 Å². The van der Waals surface area contributed by atoms with Crippen molar-refractivity contribution in [2.75, 3.05) is 0 Å². The Morgan fingerprint density at radius 1 is 0.667 bits per heavy atom. The molecule has 0 fully saturated rings. The van der Waals surface area contributed by atoms with Crippen molar-refractivity contribution in [3.05, 3.63) is 113 Å². The van der Waals surface area contributed by atoms with E-state index in [1.54, 1.807) is 0 Å². The number of rotatable bonds is 2. The molecule has 0 spiro atoms. The summed E-state index contributed by atoms with van der Waals surface area (Å²) in [5.74, 6) is 0. The lowest BCUT2D eigenvalue weighted by molar-refractivity contribution is 0.660. The van der Waals surface area contributed by atoms with Gasteiger partial charge in [0.2, 0.25) is 0 Å². The average molecular weight is 426 g/mol. The zero-order chi connectivity index (χ0) is 22.7. The Morgan fingerprint density at radius 3 is 2.24 bits per heavy atom. The van der Waals surface area contributed by atoms with Gasteiger partial charge < -0.3 is 0 Å². The molecule has 0 bridgehead atoms. The smallest absolute Gasteiger partial charge is 0.0749 e. The molecule has 1 heterocycles. The first-order valence-electron chi connectivity index (χ1n) is 11.6. The number of benzene rings is 4. The van der Waals surface area contributed by atoms with Gasteiger partial charge in [-0.3, -0.25) is 4.98 Å². The summed E-state index contributed by atoms with van der Waals surface area (Å²) in [5.41, 5.74) is 12.6. The molecule has 1 heteroatoms. The molecular formula is C32H27N. The Hall–Kier alpha value is -3.71. The molecule has 1 nitrogen and oxygen atoms in total. The molecule has 0 aliphatic heterocycles. The number of fused-ring (bicyclic) bond motifs is 5. The van der Waals surface area contributed by atoms with Gasteiger partial charge in [0.25, 0.3) is 0 Å². The number of aryl methyl sites for hydroxylation is 2. The fourth-order valence-electron chi connectivity index (χ4n) is 5.73. The number of nitrogens with zero attached hydrogens (tertiary/aromatic N) is 1. The Morgan fingerprint density at radius 2 is 1.42 bits per heavy atom. The lowest BCUT2D eigenvalue weighted by Crippen LogP contribution is -2.16. The number of hydrogen-bond acceptors (Lipinski definition) is 1. The zero-order valence-corrected chi connectivity index (χ0v) is 19.6. The van der Waals surface area contributed by atoms with Crippen molar-refractivity contribution < 1.29 is 0 Å². The van der Waals surface area contributed by atoms with Crippen LogP contribution >= 0.6 is 0 Å². The Labute approximate surface area is 195 Å². The molecule has 0 radical (unpaired) electrons. The quantitative estimate of drug-likeness (QED) is 0.276. The van der Waals surface area contributed by atoms with Crippen LogP contribution in [-0.2, 0) is 5.41 Å². The maximum absolute atomic E-state index is 4.95. The van der Waals surface area contributed by atoms with Crippen LogP contribution in [0.5, 0.6) is 0 Å². The molecular weight excluding hydrogens is 398 g/mol. The van der Waals surface area contributed by atoms with Crippen molar-refractivity contribution in [1.29, 1.82) is 0 Å². The van der Waals surface area contributed by atoms with Crippen LogP contribution in [0.25, 0.3) is 44.3 Å². The van der Waals surface area contributed by atoms with Crippen molar-refractivity contribution >= 4 is 10.8 Å². The molecule has 4 aromatic carbocycles. The molecule has 6 rings (SSSR count). The fourth-order valence-corrected chi connectivity index (χ4v) is 5.73. The van der Waals surface area contributed by atoms with Crippen LogP contribution in [0.15, 0.2) is 91.1 Å². The van der Waals surface area contributed by atoms with Gasteiger partial charge in [0.1, 0.15) is 0 Å². The van der Waals surface area contributed by atoms with Crippen LogP contribution in [0, 0.1) is 13.8 Å². The van der Waals surface area contributed by atoms with Gasteiger partial charge in [-0.2, -0.15) is 0 Å². The molecule has 5 aromatic rings. The third-order valence-electron chi connectivity index (χ3n) is 7.14. The molecule has 1 aliphatic carbocycles. The third kappa shape index (κ3) is 3.03. The third-order valence-corrected chi connectivity index (χ3v) is 7.14. The molecule has 1 aliphatic rings. The summed E-state index contributed by atoms with van der Waals surface area (Å²) >= 11 is 0. The van der Waals surface area contributed by atoms with Gasteiger partial charge in [-0.25, -0.2) is 0 Å². The van der Waals surface area contributed by atoms with E-state index in [0.29, 0.717) is 0 Å². The largest absolute Gasteiger partial charge is 0.256 e. The SMILES string of the molecule is Cc1cc(C)cc(-c2cccc(-c3nccc4c3C(C)(C)c3ccc5ccccc5c3-4)c2)c1. The van der Waals surface area contributed by atoms with E-state index in [1.165, 1.54) is 60.8 Å². The minimum absolute atomic E-state index is 0.117.